The Hall–Kier alpha value is -1.55. The lowest BCUT2D eigenvalue weighted by Crippen LogP contribution is -2.01. The molecule has 1 aliphatic carbocycles. The van der Waals surface area contributed by atoms with E-state index in [1.165, 1.54) is 0 Å². The smallest absolute Gasteiger partial charge is 0.173 e. The van der Waals surface area contributed by atoms with Gasteiger partial charge in [0.05, 0.1) is 18.4 Å². The summed E-state index contributed by atoms with van der Waals surface area (Å²) in [6.07, 6.45) is 3.33. The van der Waals surface area contributed by atoms with Crippen LogP contribution in [0.3, 0.4) is 0 Å². The van der Waals surface area contributed by atoms with Crippen molar-refractivity contribution in [1.29, 1.82) is 0 Å². The summed E-state index contributed by atoms with van der Waals surface area (Å²) in [4.78, 5) is 0. The summed E-state index contributed by atoms with van der Waals surface area (Å²) in [5.74, 6) is 1.70. The van der Waals surface area contributed by atoms with Gasteiger partial charge in [0.1, 0.15) is 11.5 Å². The van der Waals surface area contributed by atoms with Crippen LogP contribution >= 0.6 is 0 Å². The van der Waals surface area contributed by atoms with Gasteiger partial charge in [-0.3, -0.25) is 0 Å². The first-order valence-electron chi connectivity index (χ1n) is 4.55. The summed E-state index contributed by atoms with van der Waals surface area (Å²) in [5, 5.41) is 12.9. The highest BCUT2D eigenvalue weighted by atomic mass is 16.5. The van der Waals surface area contributed by atoms with E-state index in [2.05, 4.69) is 5.16 Å². The zero-order valence-corrected chi connectivity index (χ0v) is 7.49. The second-order valence-electron chi connectivity index (χ2n) is 3.35. The molecule has 1 aliphatic rings. The Labute approximate surface area is 80.1 Å². The summed E-state index contributed by atoms with van der Waals surface area (Å²) in [7, 11) is 0. The van der Waals surface area contributed by atoms with Crippen molar-refractivity contribution in [2.45, 2.75) is 19.4 Å². The van der Waals surface area contributed by atoms with Gasteiger partial charge in [-0.05, 0) is 12.5 Å². The Morgan fingerprint density at radius 2 is 2.36 bits per heavy atom. The van der Waals surface area contributed by atoms with Gasteiger partial charge in [0.15, 0.2) is 5.76 Å². The van der Waals surface area contributed by atoms with E-state index in [0.717, 1.165) is 35.5 Å². The van der Waals surface area contributed by atoms with Crippen LogP contribution in [0.2, 0.25) is 0 Å². The number of nitrogens with zero attached hydrogens (tertiary/aromatic N) is 1. The standard InChI is InChI=1S/C10H9NO3/c12-5-8-6-1-2-9-7(3-4-13-9)10(6)14-11-8/h3-4,12H,1-2,5H2. The summed E-state index contributed by atoms with van der Waals surface area (Å²) < 4.78 is 10.5. The maximum absolute atomic E-state index is 9.04. The average molecular weight is 191 g/mol. The number of rotatable bonds is 1. The van der Waals surface area contributed by atoms with Crippen LogP contribution in [0.5, 0.6) is 0 Å². The number of aryl methyl sites for hydroxylation is 1. The summed E-state index contributed by atoms with van der Waals surface area (Å²) >= 11 is 0. The molecule has 0 saturated carbocycles. The predicted molar refractivity (Wildman–Crippen MR) is 47.5 cm³/mol. The SMILES string of the molecule is OCc1noc2c1CCc1occc1-2. The molecular weight excluding hydrogens is 182 g/mol. The molecule has 0 atom stereocenters. The topological polar surface area (TPSA) is 59.4 Å². The van der Waals surface area contributed by atoms with Crippen LogP contribution in [0, 0.1) is 0 Å². The lowest BCUT2D eigenvalue weighted by atomic mass is 9.95. The maximum atomic E-state index is 9.04. The molecule has 0 aromatic carbocycles. The Balaban J connectivity index is 2.22. The molecule has 0 bridgehead atoms. The zero-order valence-electron chi connectivity index (χ0n) is 7.49. The fourth-order valence-corrected chi connectivity index (χ4v) is 1.91. The first-order chi connectivity index (χ1) is 6.90. The number of aliphatic hydroxyl groups is 1. The van der Waals surface area contributed by atoms with E-state index in [9.17, 15) is 0 Å². The predicted octanol–water partition coefficient (Wildman–Crippen LogP) is 1.53. The Morgan fingerprint density at radius 1 is 1.43 bits per heavy atom. The molecule has 0 radical (unpaired) electrons. The second kappa shape index (κ2) is 2.72. The van der Waals surface area contributed by atoms with Crippen LogP contribution in [0.15, 0.2) is 21.3 Å². The number of hydrogen-bond acceptors (Lipinski definition) is 4. The zero-order chi connectivity index (χ0) is 9.54. The van der Waals surface area contributed by atoms with Crippen molar-refractivity contribution >= 4 is 0 Å². The molecule has 0 aliphatic heterocycles. The van der Waals surface area contributed by atoms with Crippen molar-refractivity contribution in [3.05, 3.63) is 29.3 Å². The summed E-state index contributed by atoms with van der Waals surface area (Å²) in [6.45, 7) is -0.0635. The second-order valence-corrected chi connectivity index (χ2v) is 3.35. The van der Waals surface area contributed by atoms with E-state index in [0.29, 0.717) is 5.69 Å². The molecule has 4 nitrogen and oxygen atoms in total. The van der Waals surface area contributed by atoms with Crippen molar-refractivity contribution in [1.82, 2.24) is 5.16 Å². The van der Waals surface area contributed by atoms with E-state index in [-0.39, 0.29) is 6.61 Å². The van der Waals surface area contributed by atoms with Crippen molar-refractivity contribution in [2.24, 2.45) is 0 Å². The molecule has 2 aromatic heterocycles. The highest BCUT2D eigenvalue weighted by Crippen LogP contribution is 2.35. The molecular formula is C10H9NO3. The number of fused-ring (bicyclic) bond motifs is 3. The number of aliphatic hydroxyl groups excluding tert-OH is 1. The largest absolute Gasteiger partial charge is 0.469 e. The Kier molecular flexibility index (Phi) is 1.52. The average Bonchev–Trinajstić information content (AvgIpc) is 2.82. The molecule has 3 rings (SSSR count). The minimum absolute atomic E-state index is 0.0635. The van der Waals surface area contributed by atoms with Gasteiger partial charge in [0.2, 0.25) is 0 Å². The van der Waals surface area contributed by atoms with Gasteiger partial charge in [0, 0.05) is 12.0 Å². The first kappa shape index (κ1) is 7.82. The van der Waals surface area contributed by atoms with Crippen LogP contribution in [0.4, 0.5) is 0 Å². The molecule has 4 heteroatoms. The molecule has 2 aromatic rings. The van der Waals surface area contributed by atoms with E-state index < -0.39 is 0 Å². The Bertz CT molecular complexity index is 469. The normalized spacial score (nSPS) is 13.8. The minimum atomic E-state index is -0.0635. The Morgan fingerprint density at radius 3 is 3.21 bits per heavy atom. The highest BCUT2D eigenvalue weighted by Gasteiger charge is 2.25. The lowest BCUT2D eigenvalue weighted by Gasteiger charge is -2.08. The van der Waals surface area contributed by atoms with Crippen molar-refractivity contribution in [3.8, 4) is 11.3 Å². The fourth-order valence-electron chi connectivity index (χ4n) is 1.91. The molecule has 14 heavy (non-hydrogen) atoms. The lowest BCUT2D eigenvalue weighted by molar-refractivity contribution is 0.266. The van der Waals surface area contributed by atoms with E-state index in [1.54, 1.807) is 6.26 Å². The maximum Gasteiger partial charge on any atom is 0.173 e. The van der Waals surface area contributed by atoms with Crippen LogP contribution in [0.25, 0.3) is 11.3 Å². The minimum Gasteiger partial charge on any atom is -0.469 e. The molecule has 0 unspecified atom stereocenters. The van der Waals surface area contributed by atoms with Gasteiger partial charge >= 0.3 is 0 Å². The number of aromatic nitrogens is 1. The van der Waals surface area contributed by atoms with Crippen LogP contribution < -0.4 is 0 Å². The molecule has 0 fully saturated rings. The molecule has 0 saturated heterocycles. The number of hydrogen-bond donors (Lipinski definition) is 1. The third-order valence-electron chi connectivity index (χ3n) is 2.61. The van der Waals surface area contributed by atoms with Gasteiger partial charge in [-0.15, -0.1) is 0 Å². The molecule has 2 heterocycles. The van der Waals surface area contributed by atoms with Crippen LogP contribution in [0.1, 0.15) is 17.0 Å². The van der Waals surface area contributed by atoms with Crippen molar-refractivity contribution in [3.63, 3.8) is 0 Å². The number of furan rings is 1. The van der Waals surface area contributed by atoms with Gasteiger partial charge < -0.3 is 14.0 Å². The van der Waals surface area contributed by atoms with E-state index in [1.807, 2.05) is 6.07 Å². The highest BCUT2D eigenvalue weighted by molar-refractivity contribution is 5.66. The van der Waals surface area contributed by atoms with Crippen molar-refractivity contribution in [2.75, 3.05) is 0 Å². The van der Waals surface area contributed by atoms with Gasteiger partial charge in [-0.1, -0.05) is 5.16 Å². The van der Waals surface area contributed by atoms with E-state index >= 15 is 0 Å². The van der Waals surface area contributed by atoms with Gasteiger partial charge in [-0.25, -0.2) is 0 Å². The van der Waals surface area contributed by atoms with Gasteiger partial charge in [0.25, 0.3) is 0 Å². The molecule has 72 valence electrons. The molecule has 0 amide bonds. The third-order valence-corrected chi connectivity index (χ3v) is 2.61. The van der Waals surface area contributed by atoms with Crippen LogP contribution in [-0.4, -0.2) is 10.3 Å². The fraction of sp³-hybridized carbons (Fsp3) is 0.300. The van der Waals surface area contributed by atoms with Crippen molar-refractivity contribution < 1.29 is 14.0 Å². The van der Waals surface area contributed by atoms with Gasteiger partial charge in [-0.2, -0.15) is 0 Å². The molecule has 1 N–H and O–H groups in total. The summed E-state index contributed by atoms with van der Waals surface area (Å²) in [5.41, 5.74) is 2.63. The quantitative estimate of drug-likeness (QED) is 0.742. The monoisotopic (exact) mass is 191 g/mol. The third kappa shape index (κ3) is 0.886. The molecule has 0 spiro atoms. The summed E-state index contributed by atoms with van der Waals surface area (Å²) in [6, 6.07) is 1.87. The first-order valence-corrected chi connectivity index (χ1v) is 4.55. The van der Waals surface area contributed by atoms with E-state index in [4.69, 9.17) is 14.0 Å². The van der Waals surface area contributed by atoms with Crippen LogP contribution in [-0.2, 0) is 19.4 Å².